The molecule has 0 aliphatic carbocycles. The highest BCUT2D eigenvalue weighted by molar-refractivity contribution is 9.10. The second kappa shape index (κ2) is 6.32. The van der Waals surface area contributed by atoms with Crippen LogP contribution in [0.15, 0.2) is 27.6 Å². The smallest absolute Gasteiger partial charge is 0.244 e. The zero-order valence-electron chi connectivity index (χ0n) is 11.2. The normalized spacial score (nSPS) is 24.8. The molecule has 2 N–H and O–H groups in total. The maximum absolute atomic E-state index is 12.7. The van der Waals surface area contributed by atoms with Crippen molar-refractivity contribution in [1.82, 2.24) is 4.31 Å². The number of benzene rings is 1. The molecule has 7 heteroatoms. The Morgan fingerprint density at radius 1 is 1.50 bits per heavy atom. The molecule has 1 aromatic carbocycles. The molecule has 0 saturated carbocycles. The van der Waals surface area contributed by atoms with Crippen LogP contribution >= 0.6 is 27.5 Å². The Kier molecular flexibility index (Phi) is 5.13. The van der Waals surface area contributed by atoms with Crippen molar-refractivity contribution in [2.24, 2.45) is 11.7 Å². The molecule has 0 aromatic heterocycles. The first-order chi connectivity index (χ1) is 9.36. The van der Waals surface area contributed by atoms with Gasteiger partial charge in [0.1, 0.15) is 4.90 Å². The summed E-state index contributed by atoms with van der Waals surface area (Å²) in [5.41, 5.74) is 6.03. The van der Waals surface area contributed by atoms with Crippen LogP contribution in [0, 0.1) is 5.92 Å². The Morgan fingerprint density at radius 2 is 2.20 bits per heavy atom. The fraction of sp³-hybridized carbons (Fsp3) is 0.538. The predicted octanol–water partition coefficient (Wildman–Crippen LogP) is 2.85. The van der Waals surface area contributed by atoms with Gasteiger partial charge in [0.15, 0.2) is 0 Å². The summed E-state index contributed by atoms with van der Waals surface area (Å²) in [7, 11) is -3.55. The van der Waals surface area contributed by atoms with E-state index in [9.17, 15) is 8.42 Å². The Labute approximate surface area is 133 Å². The van der Waals surface area contributed by atoms with E-state index in [0.29, 0.717) is 19.5 Å². The average Bonchev–Trinajstić information content (AvgIpc) is 2.38. The van der Waals surface area contributed by atoms with Gasteiger partial charge in [-0.1, -0.05) is 40.9 Å². The van der Waals surface area contributed by atoms with Crippen LogP contribution in [0.25, 0.3) is 0 Å². The van der Waals surface area contributed by atoms with Gasteiger partial charge in [0.2, 0.25) is 10.0 Å². The Morgan fingerprint density at radius 3 is 2.80 bits per heavy atom. The summed E-state index contributed by atoms with van der Waals surface area (Å²) < 4.78 is 27.6. The fourth-order valence-corrected chi connectivity index (χ4v) is 5.01. The van der Waals surface area contributed by atoms with E-state index in [0.717, 1.165) is 10.9 Å². The summed E-state index contributed by atoms with van der Waals surface area (Å²) >= 11 is 9.35. The molecule has 1 aliphatic rings. The third kappa shape index (κ3) is 3.20. The van der Waals surface area contributed by atoms with E-state index in [4.69, 9.17) is 17.3 Å². The van der Waals surface area contributed by atoms with Gasteiger partial charge < -0.3 is 5.73 Å². The average molecular weight is 382 g/mol. The van der Waals surface area contributed by atoms with E-state index < -0.39 is 10.0 Å². The minimum absolute atomic E-state index is 0.0758. The Balaban J connectivity index is 2.31. The van der Waals surface area contributed by atoms with Crippen LogP contribution in [0.3, 0.4) is 0 Å². The summed E-state index contributed by atoms with van der Waals surface area (Å²) in [4.78, 5) is 0.160. The topological polar surface area (TPSA) is 63.4 Å². The quantitative estimate of drug-likeness (QED) is 0.875. The molecule has 20 heavy (non-hydrogen) atoms. The number of nitrogens with zero attached hydrogens (tertiary/aromatic N) is 1. The minimum Gasteiger partial charge on any atom is -0.327 e. The maximum Gasteiger partial charge on any atom is 0.244 e. The van der Waals surface area contributed by atoms with Crippen LogP contribution < -0.4 is 5.73 Å². The zero-order valence-corrected chi connectivity index (χ0v) is 14.4. The van der Waals surface area contributed by atoms with E-state index in [1.165, 1.54) is 10.4 Å². The molecule has 2 unspecified atom stereocenters. The van der Waals surface area contributed by atoms with Gasteiger partial charge >= 0.3 is 0 Å². The number of hydrogen-bond donors (Lipinski definition) is 1. The van der Waals surface area contributed by atoms with Crippen LogP contribution in [-0.2, 0) is 10.0 Å². The van der Waals surface area contributed by atoms with Gasteiger partial charge in [-0.3, -0.25) is 0 Å². The number of nitrogens with two attached hydrogens (primary N) is 1. The maximum atomic E-state index is 12.7. The molecule has 2 atom stereocenters. The number of rotatable bonds is 3. The molecule has 0 amide bonds. The van der Waals surface area contributed by atoms with E-state index >= 15 is 0 Å². The second-order valence-corrected chi connectivity index (χ2v) is 8.29. The van der Waals surface area contributed by atoms with Crippen LogP contribution in [0.1, 0.15) is 19.8 Å². The predicted molar refractivity (Wildman–Crippen MR) is 84.3 cm³/mol. The fourth-order valence-electron chi connectivity index (χ4n) is 2.49. The summed E-state index contributed by atoms with van der Waals surface area (Å²) in [6.07, 6.45) is 1.56. The molecule has 112 valence electrons. The lowest BCUT2D eigenvalue weighted by atomic mass is 9.92. The zero-order chi connectivity index (χ0) is 14.9. The monoisotopic (exact) mass is 380 g/mol. The molecule has 1 saturated heterocycles. The molecule has 0 radical (unpaired) electrons. The van der Waals surface area contributed by atoms with Crippen molar-refractivity contribution in [3.63, 3.8) is 0 Å². The van der Waals surface area contributed by atoms with Crippen molar-refractivity contribution in [3.05, 3.63) is 27.7 Å². The van der Waals surface area contributed by atoms with Crippen LogP contribution in [0.2, 0.25) is 5.02 Å². The lowest BCUT2D eigenvalue weighted by Crippen LogP contribution is -2.48. The van der Waals surface area contributed by atoms with Crippen molar-refractivity contribution < 1.29 is 8.42 Å². The highest BCUT2D eigenvalue weighted by atomic mass is 79.9. The molecule has 1 aromatic rings. The highest BCUT2D eigenvalue weighted by Crippen LogP contribution is 2.30. The van der Waals surface area contributed by atoms with E-state index in [1.54, 1.807) is 12.1 Å². The Bertz CT molecular complexity index is 594. The molecule has 4 nitrogen and oxygen atoms in total. The van der Waals surface area contributed by atoms with E-state index in [2.05, 4.69) is 15.9 Å². The van der Waals surface area contributed by atoms with Gasteiger partial charge in [-0.2, -0.15) is 4.31 Å². The number of halogens is 2. The second-order valence-electron chi connectivity index (χ2n) is 5.06. The van der Waals surface area contributed by atoms with Gasteiger partial charge in [-0.05, 0) is 30.5 Å². The van der Waals surface area contributed by atoms with Crippen LogP contribution in [0.5, 0.6) is 0 Å². The summed E-state index contributed by atoms with van der Waals surface area (Å²) in [6, 6.07) is 4.90. The minimum atomic E-state index is -3.55. The first-order valence-electron chi connectivity index (χ1n) is 6.57. The molecular weight excluding hydrogens is 364 g/mol. The Hall–Kier alpha value is -0.140. The van der Waals surface area contributed by atoms with Crippen molar-refractivity contribution in [3.8, 4) is 0 Å². The van der Waals surface area contributed by atoms with Crippen molar-refractivity contribution in [1.29, 1.82) is 0 Å². The molecule has 1 aliphatic heterocycles. The number of sulfonamides is 1. The first-order valence-corrected chi connectivity index (χ1v) is 9.18. The lowest BCUT2D eigenvalue weighted by molar-refractivity contribution is 0.230. The number of hydrogen-bond acceptors (Lipinski definition) is 3. The summed E-state index contributed by atoms with van der Waals surface area (Å²) in [5.74, 6) is 0.202. The first kappa shape index (κ1) is 16.2. The van der Waals surface area contributed by atoms with Gasteiger partial charge in [-0.15, -0.1) is 0 Å². The summed E-state index contributed by atoms with van der Waals surface area (Å²) in [6.45, 7) is 2.95. The largest absolute Gasteiger partial charge is 0.327 e. The SMILES string of the molecule is CCC1CN(S(=O)(=O)c2ccc(Br)cc2Cl)CCC1N. The molecular formula is C13H18BrClN2O2S. The summed E-state index contributed by atoms with van der Waals surface area (Å²) in [5, 5.41) is 0.238. The van der Waals surface area contributed by atoms with Crippen molar-refractivity contribution in [2.45, 2.75) is 30.7 Å². The molecule has 2 rings (SSSR count). The highest BCUT2D eigenvalue weighted by Gasteiger charge is 2.34. The molecule has 0 spiro atoms. The molecule has 1 heterocycles. The van der Waals surface area contributed by atoms with Gasteiger partial charge in [0.25, 0.3) is 0 Å². The van der Waals surface area contributed by atoms with Crippen LogP contribution in [-0.4, -0.2) is 31.9 Å². The number of piperidine rings is 1. The lowest BCUT2D eigenvalue weighted by Gasteiger charge is -2.35. The van der Waals surface area contributed by atoms with Crippen molar-refractivity contribution >= 4 is 37.6 Å². The van der Waals surface area contributed by atoms with E-state index in [1.807, 2.05) is 6.92 Å². The van der Waals surface area contributed by atoms with E-state index in [-0.39, 0.29) is 21.9 Å². The van der Waals surface area contributed by atoms with Gasteiger partial charge in [0, 0.05) is 23.6 Å². The van der Waals surface area contributed by atoms with Crippen LogP contribution in [0.4, 0.5) is 0 Å². The van der Waals surface area contributed by atoms with Gasteiger partial charge in [-0.25, -0.2) is 8.42 Å². The third-order valence-corrected chi connectivity index (χ3v) is 6.63. The molecule has 1 fully saturated rings. The van der Waals surface area contributed by atoms with Gasteiger partial charge in [0.05, 0.1) is 5.02 Å². The third-order valence-electron chi connectivity index (χ3n) is 3.79. The standard InChI is InChI=1S/C13H18BrClN2O2S/c1-2-9-8-17(6-5-12(9)16)20(18,19)13-4-3-10(14)7-11(13)15/h3-4,7,9,12H,2,5-6,8,16H2,1H3. The van der Waals surface area contributed by atoms with Crippen molar-refractivity contribution in [2.75, 3.05) is 13.1 Å². The molecule has 0 bridgehead atoms.